The number of methoxy groups -OCH3 is 1. The van der Waals surface area contributed by atoms with Crippen LogP contribution in [0.5, 0.6) is 17.4 Å². The van der Waals surface area contributed by atoms with E-state index in [4.69, 9.17) is 14.2 Å². The number of halogens is 3. The summed E-state index contributed by atoms with van der Waals surface area (Å²) in [4.78, 5) is 61.8. The molecular formula is C39H46F3N7O9S. The first-order valence-electron chi connectivity index (χ1n) is 19.5. The first-order valence-corrected chi connectivity index (χ1v) is 21.0. The molecule has 20 heteroatoms. The van der Waals surface area contributed by atoms with Crippen LogP contribution in [0.15, 0.2) is 42.6 Å². The minimum atomic E-state index is -4.66. The fourth-order valence-corrected chi connectivity index (χ4v) is 9.06. The average molecular weight is 846 g/mol. The fraction of sp³-hybridized carbons (Fsp3) is 0.538. The average Bonchev–Trinajstić information content (AvgIpc) is 4.07. The van der Waals surface area contributed by atoms with E-state index in [0.29, 0.717) is 48.8 Å². The Labute approximate surface area is 338 Å². The summed E-state index contributed by atoms with van der Waals surface area (Å²) in [5, 5.41) is 9.44. The predicted molar refractivity (Wildman–Crippen MR) is 205 cm³/mol. The molecule has 3 fully saturated rings. The SMILES string of the molecule is COc1ccc2c(O[C@@H]3C[C@H]4C(=O)N[C@]5(C(=O)NS(=O)(=O)C6CC6)CC5/C=C\CCCCC[C@H](NC(=O)c5ccn(C)n5)C(=O)N4C3)cc(OCC(F)(F)F)nc2c1C. The van der Waals surface area contributed by atoms with Crippen LogP contribution in [0.3, 0.4) is 0 Å². The van der Waals surface area contributed by atoms with E-state index in [0.717, 1.165) is 6.42 Å². The lowest BCUT2D eigenvalue weighted by Gasteiger charge is -2.29. The van der Waals surface area contributed by atoms with Crippen molar-refractivity contribution in [3.63, 3.8) is 0 Å². The van der Waals surface area contributed by atoms with Gasteiger partial charge >= 0.3 is 6.18 Å². The predicted octanol–water partition coefficient (Wildman–Crippen LogP) is 3.38. The van der Waals surface area contributed by atoms with Gasteiger partial charge in [0.2, 0.25) is 27.7 Å². The number of nitrogens with one attached hydrogen (secondary N) is 3. The monoisotopic (exact) mass is 845 g/mol. The first-order chi connectivity index (χ1) is 28.0. The van der Waals surface area contributed by atoms with E-state index in [1.54, 1.807) is 38.4 Å². The summed E-state index contributed by atoms with van der Waals surface area (Å²) in [6.45, 7) is -0.160. The molecule has 4 amide bonds. The second-order valence-corrected chi connectivity index (χ2v) is 17.5. The van der Waals surface area contributed by atoms with Crippen LogP contribution in [0.1, 0.15) is 73.8 Å². The smallest absolute Gasteiger partial charge is 0.422 e. The van der Waals surface area contributed by atoms with Crippen molar-refractivity contribution in [3.8, 4) is 17.4 Å². The molecule has 5 atom stereocenters. The van der Waals surface area contributed by atoms with Gasteiger partial charge in [-0.1, -0.05) is 25.0 Å². The maximum atomic E-state index is 14.6. The van der Waals surface area contributed by atoms with Crippen molar-refractivity contribution in [1.82, 2.24) is 35.0 Å². The number of aromatic nitrogens is 3. The van der Waals surface area contributed by atoms with Gasteiger partial charge in [-0.2, -0.15) is 18.3 Å². The van der Waals surface area contributed by atoms with Crippen molar-refractivity contribution in [2.45, 2.75) is 99.9 Å². The van der Waals surface area contributed by atoms with Gasteiger partial charge in [0.15, 0.2) is 6.61 Å². The van der Waals surface area contributed by atoms with Crippen LogP contribution in [-0.2, 0) is 31.5 Å². The zero-order valence-corrected chi connectivity index (χ0v) is 33.5. The zero-order chi connectivity index (χ0) is 42.3. The standard InChI is InChI=1S/C39H46F3N7O9S/c1-22-30(56-3)14-13-26-31(18-32(44-33(22)26)57-21-39(40,41)42)58-24-17-29-35(51)45-38(37(53)47-59(54,55)25-11-12-25)19-23(38)9-7-5-4-6-8-10-28(36(52)49(29)20-24)43-34(50)27-15-16-48(2)46-27/h7,9,13-16,18,23-25,28-29H,4-6,8,10-12,17,19-21H2,1-3H3,(H,43,50)(H,45,51)(H,47,53)/b9-7-/t23?,24-,28+,29+,38-/m1/s1. The van der Waals surface area contributed by atoms with Gasteiger partial charge in [0.1, 0.15) is 40.9 Å². The molecule has 318 valence electrons. The lowest BCUT2D eigenvalue weighted by atomic mass is 10.0. The molecule has 0 bridgehead atoms. The Bertz CT molecular complexity index is 2280. The molecule has 3 aromatic rings. The van der Waals surface area contributed by atoms with Gasteiger partial charge < -0.3 is 29.7 Å². The Hall–Kier alpha value is -5.40. The highest BCUT2D eigenvalue weighted by Gasteiger charge is 2.62. The van der Waals surface area contributed by atoms with Gasteiger partial charge in [-0.3, -0.25) is 28.6 Å². The molecule has 2 aliphatic heterocycles. The molecular weight excluding hydrogens is 800 g/mol. The summed E-state index contributed by atoms with van der Waals surface area (Å²) >= 11 is 0. The van der Waals surface area contributed by atoms with Crippen LogP contribution in [0.2, 0.25) is 0 Å². The summed E-state index contributed by atoms with van der Waals surface area (Å²) in [7, 11) is -0.899. The highest BCUT2D eigenvalue weighted by Crippen LogP contribution is 2.46. The van der Waals surface area contributed by atoms with Gasteiger partial charge in [-0.25, -0.2) is 13.4 Å². The number of alkyl halides is 3. The van der Waals surface area contributed by atoms with Crippen molar-refractivity contribution in [3.05, 3.63) is 53.9 Å². The zero-order valence-electron chi connectivity index (χ0n) is 32.7. The summed E-state index contributed by atoms with van der Waals surface area (Å²) in [5.74, 6) is -3.27. The topological polar surface area (TPSA) is 200 Å². The van der Waals surface area contributed by atoms with Gasteiger partial charge in [0.25, 0.3) is 11.8 Å². The Morgan fingerprint density at radius 2 is 1.86 bits per heavy atom. The summed E-state index contributed by atoms with van der Waals surface area (Å²) in [6, 6.07) is 3.57. The third-order valence-electron chi connectivity index (χ3n) is 11.1. The maximum Gasteiger partial charge on any atom is 0.422 e. The number of fused-ring (bicyclic) bond motifs is 3. The molecule has 2 aromatic heterocycles. The van der Waals surface area contributed by atoms with E-state index in [-0.39, 0.29) is 48.6 Å². The number of carbonyl (C=O) groups excluding carboxylic acids is 4. The third kappa shape index (κ3) is 9.26. The lowest BCUT2D eigenvalue weighted by molar-refractivity contribution is -0.154. The normalized spacial score (nSPS) is 25.8. The first kappa shape index (κ1) is 41.7. The Balaban J connectivity index is 1.23. The van der Waals surface area contributed by atoms with Crippen LogP contribution >= 0.6 is 0 Å². The minimum absolute atomic E-state index is 0.0621. The molecule has 4 aliphatic rings. The third-order valence-corrected chi connectivity index (χ3v) is 12.9. The van der Waals surface area contributed by atoms with Crippen LogP contribution in [0.25, 0.3) is 10.9 Å². The molecule has 2 aliphatic carbocycles. The van der Waals surface area contributed by atoms with E-state index in [1.165, 1.54) is 28.8 Å². The number of nitrogens with zero attached hydrogens (tertiary/aromatic N) is 4. The molecule has 0 spiro atoms. The van der Waals surface area contributed by atoms with Crippen LogP contribution < -0.4 is 29.6 Å². The number of sulfonamides is 1. The van der Waals surface area contributed by atoms with Crippen LogP contribution in [0, 0.1) is 12.8 Å². The quantitative estimate of drug-likeness (QED) is 0.253. The number of rotatable bonds is 10. The molecule has 1 saturated heterocycles. The van der Waals surface area contributed by atoms with Crippen molar-refractivity contribution in [2.75, 3.05) is 20.3 Å². The fourth-order valence-electron chi connectivity index (χ4n) is 7.70. The number of carbonyl (C=O) groups is 4. The lowest BCUT2D eigenvalue weighted by Crippen LogP contribution is -2.58. The van der Waals surface area contributed by atoms with Crippen molar-refractivity contribution in [2.24, 2.45) is 13.0 Å². The van der Waals surface area contributed by atoms with Crippen molar-refractivity contribution < 1.29 is 55.0 Å². The van der Waals surface area contributed by atoms with Crippen LogP contribution in [-0.4, -0.2) is 107 Å². The summed E-state index contributed by atoms with van der Waals surface area (Å²) < 4.78 is 85.9. The van der Waals surface area contributed by atoms with E-state index < -0.39 is 81.3 Å². The molecule has 3 N–H and O–H groups in total. The molecule has 0 radical (unpaired) electrons. The maximum absolute atomic E-state index is 14.6. The summed E-state index contributed by atoms with van der Waals surface area (Å²) in [6.07, 6.45) is 3.28. The number of hydrogen-bond donors (Lipinski definition) is 3. The van der Waals surface area contributed by atoms with Gasteiger partial charge in [0, 0.05) is 42.6 Å². The van der Waals surface area contributed by atoms with Crippen LogP contribution in [0.4, 0.5) is 13.2 Å². The second-order valence-electron chi connectivity index (χ2n) is 15.5. The number of ether oxygens (including phenoxy) is 3. The Kier molecular flexibility index (Phi) is 11.6. The molecule has 16 nitrogen and oxygen atoms in total. The van der Waals surface area contributed by atoms with E-state index in [1.807, 2.05) is 6.08 Å². The largest absolute Gasteiger partial charge is 0.496 e. The number of hydrogen-bond acceptors (Lipinski definition) is 11. The molecule has 1 aromatic carbocycles. The second kappa shape index (κ2) is 16.3. The Morgan fingerprint density at radius 3 is 2.56 bits per heavy atom. The van der Waals surface area contributed by atoms with Crippen molar-refractivity contribution in [1.29, 1.82) is 0 Å². The van der Waals surface area contributed by atoms with E-state index in [2.05, 4.69) is 25.4 Å². The number of benzene rings is 1. The molecule has 4 heterocycles. The highest BCUT2D eigenvalue weighted by atomic mass is 32.2. The highest BCUT2D eigenvalue weighted by molar-refractivity contribution is 7.91. The minimum Gasteiger partial charge on any atom is -0.496 e. The van der Waals surface area contributed by atoms with Gasteiger partial charge in [0.05, 0.1) is 24.4 Å². The van der Waals surface area contributed by atoms with Crippen molar-refractivity contribution >= 4 is 44.6 Å². The molecule has 59 heavy (non-hydrogen) atoms. The number of aryl methyl sites for hydroxylation is 2. The summed E-state index contributed by atoms with van der Waals surface area (Å²) in [5.41, 5.74) is -0.807. The molecule has 1 unspecified atom stereocenters. The Morgan fingerprint density at radius 1 is 1.08 bits per heavy atom. The van der Waals surface area contributed by atoms with E-state index >= 15 is 0 Å². The number of allylic oxidation sites excluding steroid dienone is 1. The van der Waals surface area contributed by atoms with Gasteiger partial charge in [-0.15, -0.1) is 0 Å². The number of pyridine rings is 1. The number of amides is 4. The molecule has 7 rings (SSSR count). The van der Waals surface area contributed by atoms with Gasteiger partial charge in [-0.05, 0) is 63.6 Å². The molecule has 2 saturated carbocycles. The van der Waals surface area contributed by atoms with E-state index in [9.17, 15) is 40.8 Å².